The molecule has 0 aliphatic carbocycles. The zero-order valence-corrected chi connectivity index (χ0v) is 8.20. The second kappa shape index (κ2) is 5.45. The molecule has 0 amide bonds. The Kier molecular flexibility index (Phi) is 5.67. The molecule has 0 radical (unpaired) electrons. The number of hydrogen-bond donors (Lipinski definition) is 1. The van der Waals surface area contributed by atoms with Crippen LogP contribution in [0.1, 0.15) is 0 Å². The van der Waals surface area contributed by atoms with Crippen LogP contribution in [0.15, 0.2) is 17.8 Å². The Balaban J connectivity index is 3.52. The van der Waals surface area contributed by atoms with Gasteiger partial charge < -0.3 is 0 Å². The van der Waals surface area contributed by atoms with Gasteiger partial charge in [0, 0.05) is 0 Å². The number of nitrogens with zero attached hydrogens (tertiary/aromatic N) is 1. The minimum atomic E-state index is 0.798. The Morgan fingerprint density at radius 1 is 1.88 bits per heavy atom. The van der Waals surface area contributed by atoms with Crippen molar-refractivity contribution in [2.75, 3.05) is 5.75 Å². The summed E-state index contributed by atoms with van der Waals surface area (Å²) in [7, 11) is 0. The summed E-state index contributed by atoms with van der Waals surface area (Å²) >= 11 is 5.46. The van der Waals surface area contributed by atoms with Gasteiger partial charge in [-0.3, -0.25) is 0 Å². The molecule has 0 fully saturated rings. The van der Waals surface area contributed by atoms with Crippen molar-refractivity contribution in [3.8, 4) is 0 Å². The number of aliphatic imine (C=N–C) groups is 1. The first kappa shape index (κ1) is 8.32. The third-order valence-corrected chi connectivity index (χ3v) is 2.56. The van der Waals surface area contributed by atoms with Crippen molar-refractivity contribution in [3.63, 3.8) is 0 Å². The van der Waals surface area contributed by atoms with Crippen LogP contribution in [0.2, 0.25) is 0 Å². The number of rotatable bonds is 3. The molecule has 0 aromatic carbocycles. The van der Waals surface area contributed by atoms with E-state index < -0.39 is 0 Å². The molecular formula is C5H7NSW. The normalized spacial score (nSPS) is 9.62. The molecule has 0 aromatic heterocycles. The van der Waals surface area contributed by atoms with E-state index in [4.69, 9.17) is 0 Å². The van der Waals surface area contributed by atoms with Gasteiger partial charge in [0.2, 0.25) is 0 Å². The molecule has 0 heterocycles. The molecule has 0 saturated heterocycles. The van der Waals surface area contributed by atoms with E-state index in [9.17, 15) is 0 Å². The van der Waals surface area contributed by atoms with E-state index in [2.05, 4.69) is 24.2 Å². The van der Waals surface area contributed by atoms with E-state index in [1.54, 1.807) is 6.21 Å². The second-order valence-corrected chi connectivity index (χ2v) is 3.29. The molecule has 0 atom stereocenters. The van der Waals surface area contributed by atoms with E-state index in [0.717, 1.165) is 5.75 Å². The quantitative estimate of drug-likeness (QED) is 0.586. The molecule has 0 spiro atoms. The van der Waals surface area contributed by atoms with Crippen molar-refractivity contribution in [1.29, 1.82) is 0 Å². The molecule has 1 nitrogen and oxygen atoms in total. The van der Waals surface area contributed by atoms with Gasteiger partial charge in [-0.25, -0.2) is 0 Å². The van der Waals surface area contributed by atoms with Crippen LogP contribution in [0.4, 0.5) is 0 Å². The topological polar surface area (TPSA) is 12.4 Å². The summed E-state index contributed by atoms with van der Waals surface area (Å²) in [5.41, 5.74) is 0. The average molecular weight is 297 g/mol. The third kappa shape index (κ3) is 4.48. The first-order chi connectivity index (χ1) is 3.81. The van der Waals surface area contributed by atoms with E-state index in [1.165, 1.54) is 29.5 Å². The summed E-state index contributed by atoms with van der Waals surface area (Å²) < 4.78 is 1.23. The van der Waals surface area contributed by atoms with E-state index in [1.807, 2.05) is 0 Å². The maximum absolute atomic E-state index is 4.05. The van der Waals surface area contributed by atoms with Gasteiger partial charge in [0.15, 0.2) is 0 Å². The van der Waals surface area contributed by atoms with Crippen molar-refractivity contribution < 1.29 is 19.4 Å². The maximum atomic E-state index is 4.05. The minimum absolute atomic E-state index is 0.798. The Morgan fingerprint density at radius 2 is 2.50 bits per heavy atom. The van der Waals surface area contributed by atoms with Crippen LogP contribution in [0, 0.1) is 0 Å². The molecule has 0 aliphatic rings. The van der Waals surface area contributed by atoms with Crippen molar-refractivity contribution in [2.45, 2.75) is 0 Å². The zero-order valence-electron chi connectivity index (χ0n) is 4.37. The Morgan fingerprint density at radius 3 is 2.88 bits per heavy atom. The fraction of sp³-hybridized carbons (Fsp3) is 0.200. The Labute approximate surface area is 65.7 Å². The molecule has 8 heavy (non-hydrogen) atoms. The number of thiol groups is 1. The predicted molar refractivity (Wildman–Crippen MR) is 37.5 cm³/mol. The summed E-state index contributed by atoms with van der Waals surface area (Å²) in [4.78, 5) is 3.82. The van der Waals surface area contributed by atoms with Gasteiger partial charge in [0.1, 0.15) is 0 Å². The summed E-state index contributed by atoms with van der Waals surface area (Å²) in [6.45, 7) is 3.44. The van der Waals surface area contributed by atoms with Crippen molar-refractivity contribution in [1.82, 2.24) is 0 Å². The number of hydrogen-bond acceptors (Lipinski definition) is 2. The molecule has 3 heteroatoms. The molecule has 0 unspecified atom stereocenters. The van der Waals surface area contributed by atoms with Gasteiger partial charge in [-0.15, -0.1) is 0 Å². The molecular weight excluding hydrogens is 290 g/mol. The molecule has 0 rings (SSSR count). The standard InChI is InChI=1S/C5H7NS.W/c1-2-6-4-3-5-7;/h2,4,7H,1,5H2;. The van der Waals surface area contributed by atoms with Crippen LogP contribution in [0.3, 0.4) is 0 Å². The van der Waals surface area contributed by atoms with Crippen LogP contribution >= 0.6 is 12.6 Å². The third-order valence-electron chi connectivity index (χ3n) is 0.480. The summed E-state index contributed by atoms with van der Waals surface area (Å²) in [6.07, 6.45) is 3.31. The van der Waals surface area contributed by atoms with Crippen LogP contribution < -0.4 is 0 Å². The molecule has 0 bridgehead atoms. The monoisotopic (exact) mass is 297 g/mol. The fourth-order valence-electron chi connectivity index (χ4n) is 0.177. The predicted octanol–water partition coefficient (Wildman–Crippen LogP) is 0.850. The zero-order chi connectivity index (χ0) is 6.41. The molecule has 0 aliphatic heterocycles. The molecule has 0 saturated carbocycles. The van der Waals surface area contributed by atoms with Gasteiger partial charge in [-0.1, -0.05) is 0 Å². The van der Waals surface area contributed by atoms with E-state index in [0.29, 0.717) is 0 Å². The van der Waals surface area contributed by atoms with Gasteiger partial charge in [-0.05, 0) is 0 Å². The van der Waals surface area contributed by atoms with Crippen LogP contribution in [0.5, 0.6) is 0 Å². The van der Waals surface area contributed by atoms with Gasteiger partial charge in [0.25, 0.3) is 0 Å². The van der Waals surface area contributed by atoms with Crippen molar-refractivity contribution >= 4 is 22.7 Å². The Bertz CT molecular complexity index is 120. The van der Waals surface area contributed by atoms with Crippen LogP contribution in [0.25, 0.3) is 0 Å². The van der Waals surface area contributed by atoms with Crippen molar-refractivity contribution in [3.05, 3.63) is 12.8 Å². The molecule has 0 aromatic rings. The van der Waals surface area contributed by atoms with Gasteiger partial charge in [0.05, 0.1) is 0 Å². The second-order valence-electron chi connectivity index (χ2n) is 1.09. The summed E-state index contributed by atoms with van der Waals surface area (Å²) in [5, 5.41) is 0. The van der Waals surface area contributed by atoms with Gasteiger partial charge >= 0.3 is 65.6 Å². The first-order valence-corrected chi connectivity index (χ1v) is 4.19. The fourth-order valence-corrected chi connectivity index (χ4v) is 0.477. The summed E-state index contributed by atoms with van der Waals surface area (Å²) in [6, 6.07) is 0. The Hall–Kier alpha value is 0.318. The van der Waals surface area contributed by atoms with Crippen molar-refractivity contribution in [2.24, 2.45) is 4.99 Å². The SMILES string of the molecule is C=CN=C[C](=[W])CS. The van der Waals surface area contributed by atoms with Gasteiger partial charge in [-0.2, -0.15) is 0 Å². The van der Waals surface area contributed by atoms with Crippen LogP contribution in [-0.2, 0) is 19.4 Å². The van der Waals surface area contributed by atoms with E-state index in [-0.39, 0.29) is 0 Å². The average Bonchev–Trinajstić information content (AvgIpc) is 1.83. The molecule has 0 N–H and O–H groups in total. The van der Waals surface area contributed by atoms with E-state index >= 15 is 0 Å². The molecule has 44 valence electrons. The van der Waals surface area contributed by atoms with Crippen LogP contribution in [-0.4, -0.2) is 15.9 Å². The first-order valence-electron chi connectivity index (χ1n) is 2.09. The summed E-state index contributed by atoms with van der Waals surface area (Å²) in [5.74, 6) is 0.798.